The molecule has 0 aromatic carbocycles. The molecule has 0 spiro atoms. The lowest BCUT2D eigenvalue weighted by Crippen LogP contribution is -2.08. The minimum absolute atomic E-state index is 0.231. The molecule has 1 fully saturated rings. The molecule has 0 heterocycles. The van der Waals surface area contributed by atoms with Crippen molar-refractivity contribution in [3.05, 3.63) is 0 Å². The fraction of sp³-hybridized carbons (Fsp3) is 0.750. The van der Waals surface area contributed by atoms with E-state index in [0.29, 0.717) is 18.3 Å². The first-order chi connectivity index (χ1) is 4.25. The maximum atomic E-state index is 9.22. The monoisotopic (exact) mass is 124 g/mol. The molecular formula is C8H12O. The lowest BCUT2D eigenvalue weighted by atomic mass is 10.1. The second-order valence-corrected chi connectivity index (χ2v) is 2.85. The molecule has 1 N–H and O–H groups in total. The minimum Gasteiger partial charge on any atom is -0.392 e. The second kappa shape index (κ2) is 2.41. The summed E-state index contributed by atoms with van der Waals surface area (Å²) in [5.74, 6) is 3.66. The van der Waals surface area contributed by atoms with Crippen LogP contribution in [-0.2, 0) is 0 Å². The molecule has 0 radical (unpaired) electrons. The van der Waals surface area contributed by atoms with Gasteiger partial charge in [-0.2, -0.15) is 0 Å². The van der Waals surface area contributed by atoms with Gasteiger partial charge in [-0.15, -0.1) is 12.3 Å². The van der Waals surface area contributed by atoms with Gasteiger partial charge in [0.15, 0.2) is 0 Å². The van der Waals surface area contributed by atoms with Crippen LogP contribution in [0.25, 0.3) is 0 Å². The zero-order valence-corrected chi connectivity index (χ0v) is 5.67. The van der Waals surface area contributed by atoms with Crippen molar-refractivity contribution < 1.29 is 5.11 Å². The molecule has 1 heteroatoms. The molecule has 0 saturated heterocycles. The van der Waals surface area contributed by atoms with E-state index in [9.17, 15) is 5.11 Å². The van der Waals surface area contributed by atoms with Gasteiger partial charge in [0, 0.05) is 6.42 Å². The van der Waals surface area contributed by atoms with Crippen molar-refractivity contribution in [3.63, 3.8) is 0 Å². The summed E-state index contributed by atoms with van der Waals surface area (Å²) in [5, 5.41) is 9.22. The van der Waals surface area contributed by atoms with Gasteiger partial charge in [0.25, 0.3) is 0 Å². The van der Waals surface area contributed by atoms with Crippen LogP contribution in [0, 0.1) is 24.2 Å². The molecule has 1 aliphatic rings. The molecule has 0 aliphatic heterocycles. The molecule has 0 aromatic heterocycles. The van der Waals surface area contributed by atoms with Gasteiger partial charge in [-0.3, -0.25) is 0 Å². The number of aliphatic hydroxyl groups excluding tert-OH is 1. The van der Waals surface area contributed by atoms with Crippen LogP contribution < -0.4 is 0 Å². The first-order valence-electron chi connectivity index (χ1n) is 3.37. The predicted molar refractivity (Wildman–Crippen MR) is 36.7 cm³/mol. The topological polar surface area (TPSA) is 20.2 Å². The Hall–Kier alpha value is -0.480. The minimum atomic E-state index is -0.231. The Morgan fingerprint density at radius 2 is 2.44 bits per heavy atom. The third-order valence-corrected chi connectivity index (χ3v) is 1.99. The SMILES string of the molecule is C#CCC(O)C1CC1C. The van der Waals surface area contributed by atoms with E-state index < -0.39 is 0 Å². The second-order valence-electron chi connectivity index (χ2n) is 2.85. The summed E-state index contributed by atoms with van der Waals surface area (Å²) >= 11 is 0. The van der Waals surface area contributed by atoms with Crippen molar-refractivity contribution in [1.82, 2.24) is 0 Å². The number of hydrogen-bond acceptors (Lipinski definition) is 1. The predicted octanol–water partition coefficient (Wildman–Crippen LogP) is 1.03. The molecule has 1 aliphatic carbocycles. The molecular weight excluding hydrogens is 112 g/mol. The molecule has 0 aromatic rings. The van der Waals surface area contributed by atoms with Crippen LogP contribution in [0.5, 0.6) is 0 Å². The zero-order valence-electron chi connectivity index (χ0n) is 5.67. The van der Waals surface area contributed by atoms with Crippen molar-refractivity contribution in [2.45, 2.75) is 25.9 Å². The fourth-order valence-electron chi connectivity index (χ4n) is 1.16. The summed E-state index contributed by atoms with van der Waals surface area (Å²) in [4.78, 5) is 0. The van der Waals surface area contributed by atoms with Crippen LogP contribution in [-0.4, -0.2) is 11.2 Å². The maximum absolute atomic E-state index is 9.22. The molecule has 0 amide bonds. The lowest BCUT2D eigenvalue weighted by Gasteiger charge is -2.02. The van der Waals surface area contributed by atoms with Crippen molar-refractivity contribution in [1.29, 1.82) is 0 Å². The highest BCUT2D eigenvalue weighted by atomic mass is 16.3. The first kappa shape index (κ1) is 6.64. The van der Waals surface area contributed by atoms with Gasteiger partial charge in [-0.1, -0.05) is 6.92 Å². The third kappa shape index (κ3) is 1.46. The molecule has 9 heavy (non-hydrogen) atoms. The summed E-state index contributed by atoms with van der Waals surface area (Å²) in [7, 11) is 0. The van der Waals surface area contributed by atoms with E-state index in [-0.39, 0.29) is 6.10 Å². The Labute approximate surface area is 56.1 Å². The Morgan fingerprint density at radius 3 is 2.78 bits per heavy atom. The Morgan fingerprint density at radius 1 is 1.89 bits per heavy atom. The summed E-state index contributed by atoms with van der Waals surface area (Å²) in [6, 6.07) is 0. The van der Waals surface area contributed by atoms with E-state index in [1.54, 1.807) is 0 Å². The van der Waals surface area contributed by atoms with E-state index in [1.807, 2.05) is 0 Å². The normalized spacial score (nSPS) is 35.2. The highest BCUT2D eigenvalue weighted by molar-refractivity contribution is 4.95. The molecule has 50 valence electrons. The van der Waals surface area contributed by atoms with E-state index in [4.69, 9.17) is 6.42 Å². The van der Waals surface area contributed by atoms with E-state index in [2.05, 4.69) is 12.8 Å². The van der Waals surface area contributed by atoms with Crippen LogP contribution in [0.2, 0.25) is 0 Å². The van der Waals surface area contributed by atoms with Gasteiger partial charge >= 0.3 is 0 Å². The maximum Gasteiger partial charge on any atom is 0.0680 e. The summed E-state index contributed by atoms with van der Waals surface area (Å²) in [6.07, 6.45) is 6.48. The Balaban J connectivity index is 2.21. The van der Waals surface area contributed by atoms with E-state index in [1.165, 1.54) is 0 Å². The first-order valence-corrected chi connectivity index (χ1v) is 3.37. The van der Waals surface area contributed by atoms with Crippen LogP contribution >= 0.6 is 0 Å². The summed E-state index contributed by atoms with van der Waals surface area (Å²) in [6.45, 7) is 2.14. The standard InChI is InChI=1S/C8H12O/c1-3-4-8(9)7-5-6(7)2/h1,6-9H,4-5H2,2H3. The highest BCUT2D eigenvalue weighted by Gasteiger charge is 2.37. The van der Waals surface area contributed by atoms with Gasteiger partial charge in [-0.05, 0) is 18.3 Å². The molecule has 0 bridgehead atoms. The van der Waals surface area contributed by atoms with Gasteiger partial charge in [0.1, 0.15) is 0 Å². The van der Waals surface area contributed by atoms with E-state index in [0.717, 1.165) is 6.42 Å². The van der Waals surface area contributed by atoms with Crippen molar-refractivity contribution in [2.24, 2.45) is 11.8 Å². The third-order valence-electron chi connectivity index (χ3n) is 1.99. The largest absolute Gasteiger partial charge is 0.392 e. The average Bonchev–Trinajstić information content (AvgIpc) is 2.47. The number of hydrogen-bond donors (Lipinski definition) is 1. The molecule has 3 unspecified atom stereocenters. The van der Waals surface area contributed by atoms with Crippen LogP contribution in [0.4, 0.5) is 0 Å². The highest BCUT2D eigenvalue weighted by Crippen LogP contribution is 2.41. The summed E-state index contributed by atoms with van der Waals surface area (Å²) in [5.41, 5.74) is 0. The van der Waals surface area contributed by atoms with Crippen molar-refractivity contribution in [2.75, 3.05) is 0 Å². The number of terminal acetylenes is 1. The van der Waals surface area contributed by atoms with Gasteiger partial charge in [0.05, 0.1) is 6.10 Å². The lowest BCUT2D eigenvalue weighted by molar-refractivity contribution is 0.151. The fourth-order valence-corrected chi connectivity index (χ4v) is 1.16. The smallest absolute Gasteiger partial charge is 0.0680 e. The average molecular weight is 124 g/mol. The van der Waals surface area contributed by atoms with Crippen LogP contribution in [0.3, 0.4) is 0 Å². The van der Waals surface area contributed by atoms with Gasteiger partial charge in [0.2, 0.25) is 0 Å². The van der Waals surface area contributed by atoms with Gasteiger partial charge < -0.3 is 5.11 Å². The van der Waals surface area contributed by atoms with E-state index >= 15 is 0 Å². The number of aliphatic hydroxyl groups is 1. The zero-order chi connectivity index (χ0) is 6.85. The van der Waals surface area contributed by atoms with Crippen molar-refractivity contribution >= 4 is 0 Å². The Bertz CT molecular complexity index is 134. The molecule has 1 nitrogen and oxygen atoms in total. The van der Waals surface area contributed by atoms with Crippen molar-refractivity contribution in [3.8, 4) is 12.3 Å². The molecule has 3 atom stereocenters. The number of rotatable bonds is 2. The van der Waals surface area contributed by atoms with Crippen LogP contribution in [0.15, 0.2) is 0 Å². The van der Waals surface area contributed by atoms with Crippen LogP contribution in [0.1, 0.15) is 19.8 Å². The Kier molecular flexibility index (Phi) is 1.78. The van der Waals surface area contributed by atoms with Gasteiger partial charge in [-0.25, -0.2) is 0 Å². The summed E-state index contributed by atoms with van der Waals surface area (Å²) < 4.78 is 0. The molecule has 1 rings (SSSR count). The molecule has 1 saturated carbocycles. The quantitative estimate of drug-likeness (QED) is 0.545.